The Labute approximate surface area is 165 Å². The van der Waals surface area contributed by atoms with Gasteiger partial charge in [-0.05, 0) is 40.5 Å². The summed E-state index contributed by atoms with van der Waals surface area (Å²) in [5.41, 5.74) is 2.79. The van der Waals surface area contributed by atoms with Crippen molar-refractivity contribution in [3.05, 3.63) is 83.4 Å². The van der Waals surface area contributed by atoms with E-state index in [4.69, 9.17) is 0 Å². The molecule has 4 rings (SSSR count). The minimum absolute atomic E-state index is 0.0115. The minimum Gasteiger partial charge on any atom is -0.338 e. The fourth-order valence-corrected chi connectivity index (χ4v) is 3.87. The van der Waals surface area contributed by atoms with Gasteiger partial charge in [-0.1, -0.05) is 54.6 Å². The van der Waals surface area contributed by atoms with Crippen LogP contribution in [-0.2, 0) is 17.9 Å². The maximum Gasteiger partial charge on any atom is 0.253 e. The number of rotatable bonds is 5. The first-order chi connectivity index (χ1) is 13.6. The van der Waals surface area contributed by atoms with E-state index < -0.39 is 0 Å². The molecule has 3 aromatic rings. The molecule has 28 heavy (non-hydrogen) atoms. The highest BCUT2D eigenvalue weighted by molar-refractivity contribution is 5.94. The van der Waals surface area contributed by atoms with Crippen LogP contribution in [0.5, 0.6) is 0 Å². The number of amides is 2. The summed E-state index contributed by atoms with van der Waals surface area (Å²) < 4.78 is 0. The maximum atomic E-state index is 13.0. The lowest BCUT2D eigenvalue weighted by molar-refractivity contribution is -0.128. The topological polar surface area (TPSA) is 40.6 Å². The molecule has 0 N–H and O–H groups in total. The zero-order valence-corrected chi connectivity index (χ0v) is 16.1. The van der Waals surface area contributed by atoms with Crippen LogP contribution in [0.3, 0.4) is 0 Å². The highest BCUT2D eigenvalue weighted by Gasteiger charge is 2.20. The monoisotopic (exact) mass is 372 g/mol. The zero-order chi connectivity index (χ0) is 19.5. The standard InChI is InChI=1S/C24H24N2O2/c1-25(17-21-11-5-9-19-8-2-3-12-22(19)21)24(28)20-10-4-7-18(15-20)16-26-14-6-13-23(26)27/h2-5,7-12,15H,6,13-14,16-17H2,1H3. The molecule has 0 aromatic heterocycles. The second kappa shape index (κ2) is 7.85. The molecule has 2 amide bonds. The number of hydrogen-bond donors (Lipinski definition) is 0. The lowest BCUT2D eigenvalue weighted by Gasteiger charge is -2.20. The van der Waals surface area contributed by atoms with E-state index in [-0.39, 0.29) is 11.8 Å². The summed E-state index contributed by atoms with van der Waals surface area (Å²) in [5, 5.41) is 2.35. The van der Waals surface area contributed by atoms with E-state index >= 15 is 0 Å². The third-order valence-electron chi connectivity index (χ3n) is 5.35. The van der Waals surface area contributed by atoms with Crippen molar-refractivity contribution in [1.82, 2.24) is 9.80 Å². The Kier molecular flexibility index (Phi) is 5.11. The molecule has 0 aliphatic carbocycles. The first kappa shape index (κ1) is 18.2. The van der Waals surface area contributed by atoms with E-state index in [1.807, 2.05) is 54.4 Å². The van der Waals surface area contributed by atoms with E-state index in [0.717, 1.165) is 24.1 Å². The van der Waals surface area contributed by atoms with Crippen molar-refractivity contribution < 1.29 is 9.59 Å². The van der Waals surface area contributed by atoms with Crippen molar-refractivity contribution >= 4 is 22.6 Å². The Morgan fingerprint density at radius 2 is 1.82 bits per heavy atom. The quantitative estimate of drug-likeness (QED) is 0.672. The third kappa shape index (κ3) is 3.77. The predicted molar refractivity (Wildman–Crippen MR) is 111 cm³/mol. The molecule has 0 radical (unpaired) electrons. The van der Waals surface area contributed by atoms with E-state index in [2.05, 4.69) is 24.3 Å². The van der Waals surface area contributed by atoms with Crippen LogP contribution in [0.2, 0.25) is 0 Å². The summed E-state index contributed by atoms with van der Waals surface area (Å²) >= 11 is 0. The fraction of sp³-hybridized carbons (Fsp3) is 0.250. The van der Waals surface area contributed by atoms with Crippen LogP contribution in [0, 0.1) is 0 Å². The summed E-state index contributed by atoms with van der Waals surface area (Å²) in [6.45, 7) is 1.93. The summed E-state index contributed by atoms with van der Waals surface area (Å²) in [6.07, 6.45) is 1.55. The van der Waals surface area contributed by atoms with Gasteiger partial charge in [0.25, 0.3) is 5.91 Å². The number of benzene rings is 3. The first-order valence-corrected chi connectivity index (χ1v) is 9.70. The number of carbonyl (C=O) groups is 2. The number of carbonyl (C=O) groups excluding carboxylic acids is 2. The maximum absolute atomic E-state index is 13.0. The summed E-state index contributed by atoms with van der Waals surface area (Å²) in [7, 11) is 1.83. The largest absolute Gasteiger partial charge is 0.338 e. The SMILES string of the molecule is CN(Cc1cccc2ccccc12)C(=O)c1cccc(CN2CCCC2=O)c1. The summed E-state index contributed by atoms with van der Waals surface area (Å²) in [4.78, 5) is 28.5. The molecule has 0 saturated carbocycles. The van der Waals surface area contributed by atoms with Crippen molar-refractivity contribution in [3.63, 3.8) is 0 Å². The van der Waals surface area contributed by atoms with Crippen molar-refractivity contribution in [3.8, 4) is 0 Å². The molecule has 1 saturated heterocycles. The van der Waals surface area contributed by atoms with Gasteiger partial charge in [-0.25, -0.2) is 0 Å². The second-order valence-electron chi connectivity index (χ2n) is 7.42. The molecule has 3 aromatic carbocycles. The van der Waals surface area contributed by atoms with Crippen molar-refractivity contribution in [2.75, 3.05) is 13.6 Å². The molecular formula is C24H24N2O2. The van der Waals surface area contributed by atoms with Gasteiger partial charge in [0.05, 0.1) is 0 Å². The average Bonchev–Trinajstić information content (AvgIpc) is 3.12. The molecule has 1 aliphatic heterocycles. The second-order valence-corrected chi connectivity index (χ2v) is 7.42. The van der Waals surface area contributed by atoms with Gasteiger partial charge >= 0.3 is 0 Å². The summed E-state index contributed by atoms with van der Waals surface area (Å²) in [6, 6.07) is 22.1. The smallest absolute Gasteiger partial charge is 0.253 e. The highest BCUT2D eigenvalue weighted by Crippen LogP contribution is 2.21. The normalized spacial score (nSPS) is 13.9. The fourth-order valence-electron chi connectivity index (χ4n) is 3.87. The summed E-state index contributed by atoms with van der Waals surface area (Å²) in [5.74, 6) is 0.187. The molecule has 1 heterocycles. The van der Waals surface area contributed by atoms with Crippen LogP contribution in [0.1, 0.15) is 34.3 Å². The molecule has 142 valence electrons. The molecule has 4 heteroatoms. The van der Waals surface area contributed by atoms with Crippen LogP contribution >= 0.6 is 0 Å². The molecule has 0 unspecified atom stereocenters. The van der Waals surface area contributed by atoms with Crippen LogP contribution in [0.25, 0.3) is 10.8 Å². The van der Waals surface area contributed by atoms with E-state index in [0.29, 0.717) is 25.1 Å². The lowest BCUT2D eigenvalue weighted by atomic mass is 10.0. The van der Waals surface area contributed by atoms with Crippen molar-refractivity contribution in [2.45, 2.75) is 25.9 Å². The molecule has 0 bridgehead atoms. The zero-order valence-electron chi connectivity index (χ0n) is 16.1. The van der Waals surface area contributed by atoms with E-state index in [1.54, 1.807) is 4.90 Å². The number of fused-ring (bicyclic) bond motifs is 1. The van der Waals surface area contributed by atoms with Gasteiger partial charge in [-0.2, -0.15) is 0 Å². The van der Waals surface area contributed by atoms with Gasteiger partial charge < -0.3 is 9.80 Å². The van der Waals surface area contributed by atoms with E-state index in [9.17, 15) is 9.59 Å². The van der Waals surface area contributed by atoms with Gasteiger partial charge in [0.15, 0.2) is 0 Å². The highest BCUT2D eigenvalue weighted by atomic mass is 16.2. The Morgan fingerprint density at radius 3 is 2.64 bits per heavy atom. The molecule has 0 atom stereocenters. The van der Waals surface area contributed by atoms with Crippen LogP contribution in [-0.4, -0.2) is 35.2 Å². The number of likely N-dealkylation sites (tertiary alicyclic amines) is 1. The number of nitrogens with zero attached hydrogens (tertiary/aromatic N) is 2. The van der Waals surface area contributed by atoms with Gasteiger partial charge in [0, 0.05) is 38.7 Å². The van der Waals surface area contributed by atoms with Crippen molar-refractivity contribution in [1.29, 1.82) is 0 Å². The van der Waals surface area contributed by atoms with Crippen LogP contribution < -0.4 is 0 Å². The molecular weight excluding hydrogens is 348 g/mol. The molecule has 4 nitrogen and oxygen atoms in total. The average molecular weight is 372 g/mol. The van der Waals surface area contributed by atoms with E-state index in [1.165, 1.54) is 10.8 Å². The van der Waals surface area contributed by atoms with Gasteiger partial charge in [-0.15, -0.1) is 0 Å². The van der Waals surface area contributed by atoms with Gasteiger partial charge in [-0.3, -0.25) is 9.59 Å². The molecule has 0 spiro atoms. The lowest BCUT2D eigenvalue weighted by Crippen LogP contribution is -2.27. The van der Waals surface area contributed by atoms with Gasteiger partial charge in [0.2, 0.25) is 5.91 Å². The Morgan fingerprint density at radius 1 is 1.04 bits per heavy atom. The Bertz CT molecular complexity index is 1020. The predicted octanol–water partition coefficient (Wildman–Crippen LogP) is 4.23. The van der Waals surface area contributed by atoms with Crippen molar-refractivity contribution in [2.24, 2.45) is 0 Å². The van der Waals surface area contributed by atoms with Crippen LogP contribution in [0.15, 0.2) is 66.7 Å². The molecule has 1 fully saturated rings. The molecule has 1 aliphatic rings. The van der Waals surface area contributed by atoms with Crippen LogP contribution in [0.4, 0.5) is 0 Å². The third-order valence-corrected chi connectivity index (χ3v) is 5.35. The first-order valence-electron chi connectivity index (χ1n) is 9.70. The van der Waals surface area contributed by atoms with Gasteiger partial charge in [0.1, 0.15) is 0 Å². The Hall–Kier alpha value is -3.14. The Balaban J connectivity index is 1.50. The minimum atomic E-state index is -0.0115. The number of hydrogen-bond acceptors (Lipinski definition) is 2.